The highest BCUT2D eigenvalue weighted by Gasteiger charge is 2.20. The molecule has 0 fully saturated rings. The molecular weight excluding hydrogens is 302 g/mol. The number of aromatic nitrogens is 1. The summed E-state index contributed by atoms with van der Waals surface area (Å²) in [5.41, 5.74) is 1.07. The lowest BCUT2D eigenvalue weighted by atomic mass is 10.2. The number of esters is 1. The van der Waals surface area contributed by atoms with Crippen molar-refractivity contribution in [1.82, 2.24) is 4.98 Å². The molecule has 0 N–H and O–H groups in total. The number of carbonyl (C=O) groups is 1. The number of fused-ring (bicyclic) bond motifs is 1. The van der Waals surface area contributed by atoms with Crippen LogP contribution in [0.25, 0.3) is 10.6 Å². The largest absolute Gasteiger partial charge is 0.461 e. The number of halogens is 1. The third kappa shape index (κ3) is 2.32. The number of benzene rings is 1. The third-order valence-electron chi connectivity index (χ3n) is 2.66. The molecule has 5 nitrogen and oxygen atoms in total. The van der Waals surface area contributed by atoms with Crippen LogP contribution in [-0.4, -0.2) is 24.4 Å². The molecule has 2 aromatic rings. The SMILES string of the molecule is CCOC(=O)c1csc(-c2cc(Cl)c3c(c2)OCO3)n1. The van der Waals surface area contributed by atoms with Gasteiger partial charge in [-0.3, -0.25) is 0 Å². The molecule has 104 valence electrons. The molecule has 1 aromatic heterocycles. The number of thiazole rings is 1. The molecule has 0 amide bonds. The van der Waals surface area contributed by atoms with Gasteiger partial charge >= 0.3 is 5.97 Å². The Bertz CT molecular complexity index is 670. The van der Waals surface area contributed by atoms with E-state index in [0.717, 1.165) is 5.56 Å². The summed E-state index contributed by atoms with van der Waals surface area (Å²) in [5.74, 6) is 0.694. The van der Waals surface area contributed by atoms with E-state index in [1.54, 1.807) is 24.4 Å². The van der Waals surface area contributed by atoms with E-state index in [4.69, 9.17) is 25.8 Å². The first-order valence-electron chi connectivity index (χ1n) is 5.91. The number of rotatable bonds is 3. The number of hydrogen-bond acceptors (Lipinski definition) is 6. The summed E-state index contributed by atoms with van der Waals surface area (Å²) in [7, 11) is 0. The zero-order chi connectivity index (χ0) is 14.1. The Balaban J connectivity index is 1.94. The molecule has 3 rings (SSSR count). The van der Waals surface area contributed by atoms with Gasteiger partial charge in [0.05, 0.1) is 11.6 Å². The maximum atomic E-state index is 11.6. The molecule has 0 saturated heterocycles. The van der Waals surface area contributed by atoms with Crippen LogP contribution in [-0.2, 0) is 4.74 Å². The van der Waals surface area contributed by atoms with Crippen LogP contribution in [0.1, 0.15) is 17.4 Å². The Labute approximate surface area is 124 Å². The minimum atomic E-state index is -0.429. The molecule has 7 heteroatoms. The van der Waals surface area contributed by atoms with Crippen molar-refractivity contribution in [3.63, 3.8) is 0 Å². The minimum absolute atomic E-state index is 0.157. The van der Waals surface area contributed by atoms with Gasteiger partial charge in [-0.15, -0.1) is 11.3 Å². The van der Waals surface area contributed by atoms with E-state index in [1.165, 1.54) is 11.3 Å². The summed E-state index contributed by atoms with van der Waals surface area (Å²) >= 11 is 7.47. The molecule has 0 aliphatic carbocycles. The maximum absolute atomic E-state index is 11.6. The van der Waals surface area contributed by atoms with Gasteiger partial charge in [0.15, 0.2) is 17.2 Å². The fraction of sp³-hybridized carbons (Fsp3) is 0.231. The zero-order valence-electron chi connectivity index (χ0n) is 10.5. The third-order valence-corrected chi connectivity index (χ3v) is 3.84. The zero-order valence-corrected chi connectivity index (χ0v) is 12.1. The molecule has 1 aliphatic heterocycles. The van der Waals surface area contributed by atoms with Crippen molar-refractivity contribution < 1.29 is 19.0 Å². The summed E-state index contributed by atoms with van der Waals surface area (Å²) in [6.45, 7) is 2.23. The van der Waals surface area contributed by atoms with Crippen LogP contribution in [0.5, 0.6) is 11.5 Å². The van der Waals surface area contributed by atoms with Gasteiger partial charge in [0.2, 0.25) is 6.79 Å². The van der Waals surface area contributed by atoms with Gasteiger partial charge in [0, 0.05) is 10.9 Å². The van der Waals surface area contributed by atoms with E-state index < -0.39 is 5.97 Å². The highest BCUT2D eigenvalue weighted by Crippen LogP contribution is 2.42. The first kappa shape index (κ1) is 13.2. The molecule has 0 spiro atoms. The Kier molecular flexibility index (Phi) is 3.50. The molecule has 20 heavy (non-hydrogen) atoms. The number of hydrogen-bond donors (Lipinski definition) is 0. The lowest BCUT2D eigenvalue weighted by molar-refractivity contribution is 0.0520. The molecule has 0 atom stereocenters. The second-order valence-corrected chi connectivity index (χ2v) is 5.22. The lowest BCUT2D eigenvalue weighted by Gasteiger charge is -2.02. The molecule has 0 radical (unpaired) electrons. The summed E-state index contributed by atoms with van der Waals surface area (Å²) < 4.78 is 15.5. The lowest BCUT2D eigenvalue weighted by Crippen LogP contribution is -2.04. The molecule has 1 aliphatic rings. The van der Waals surface area contributed by atoms with Crippen LogP contribution in [0.2, 0.25) is 5.02 Å². The topological polar surface area (TPSA) is 57.7 Å². The molecule has 2 heterocycles. The fourth-order valence-electron chi connectivity index (χ4n) is 1.80. The highest BCUT2D eigenvalue weighted by atomic mass is 35.5. The van der Waals surface area contributed by atoms with E-state index in [0.29, 0.717) is 33.8 Å². The van der Waals surface area contributed by atoms with Crippen molar-refractivity contribution >= 4 is 28.9 Å². The van der Waals surface area contributed by atoms with Crippen LogP contribution in [0, 0.1) is 0 Å². The van der Waals surface area contributed by atoms with E-state index in [2.05, 4.69) is 4.98 Å². The number of nitrogens with zero attached hydrogens (tertiary/aromatic N) is 1. The normalized spacial score (nSPS) is 12.5. The van der Waals surface area contributed by atoms with Crippen molar-refractivity contribution in [1.29, 1.82) is 0 Å². The summed E-state index contributed by atoms with van der Waals surface area (Å²) in [6.07, 6.45) is 0. The van der Waals surface area contributed by atoms with Crippen LogP contribution in [0.15, 0.2) is 17.5 Å². The maximum Gasteiger partial charge on any atom is 0.357 e. The predicted octanol–water partition coefficient (Wildman–Crippen LogP) is 3.37. The Hall–Kier alpha value is -1.79. The van der Waals surface area contributed by atoms with Gasteiger partial charge < -0.3 is 14.2 Å². The van der Waals surface area contributed by atoms with Gasteiger partial charge in [0.1, 0.15) is 5.01 Å². The second-order valence-electron chi connectivity index (χ2n) is 3.95. The van der Waals surface area contributed by atoms with E-state index in [1.807, 2.05) is 0 Å². The van der Waals surface area contributed by atoms with Crippen LogP contribution < -0.4 is 9.47 Å². The predicted molar refractivity (Wildman–Crippen MR) is 74.6 cm³/mol. The van der Waals surface area contributed by atoms with E-state index in [-0.39, 0.29) is 6.79 Å². The summed E-state index contributed by atoms with van der Waals surface area (Å²) in [6, 6.07) is 3.53. The van der Waals surface area contributed by atoms with Crippen molar-refractivity contribution in [2.24, 2.45) is 0 Å². The van der Waals surface area contributed by atoms with Crippen LogP contribution in [0.3, 0.4) is 0 Å². The van der Waals surface area contributed by atoms with Crippen LogP contribution >= 0.6 is 22.9 Å². The minimum Gasteiger partial charge on any atom is -0.461 e. The molecular formula is C13H10ClNO4S. The quantitative estimate of drug-likeness (QED) is 0.813. The Morgan fingerprint density at radius 3 is 3.15 bits per heavy atom. The van der Waals surface area contributed by atoms with E-state index in [9.17, 15) is 4.79 Å². The van der Waals surface area contributed by atoms with Gasteiger partial charge in [-0.1, -0.05) is 11.6 Å². The first-order valence-corrected chi connectivity index (χ1v) is 7.17. The van der Waals surface area contributed by atoms with Gasteiger partial charge in [0.25, 0.3) is 0 Å². The highest BCUT2D eigenvalue weighted by molar-refractivity contribution is 7.13. The summed E-state index contributed by atoms with van der Waals surface area (Å²) in [4.78, 5) is 15.8. The Morgan fingerprint density at radius 1 is 1.50 bits per heavy atom. The monoisotopic (exact) mass is 311 g/mol. The number of carbonyl (C=O) groups excluding carboxylic acids is 1. The molecule has 0 saturated carbocycles. The van der Waals surface area contributed by atoms with Crippen LogP contribution in [0.4, 0.5) is 0 Å². The number of ether oxygens (including phenoxy) is 3. The van der Waals surface area contributed by atoms with Gasteiger partial charge in [-0.25, -0.2) is 9.78 Å². The van der Waals surface area contributed by atoms with E-state index >= 15 is 0 Å². The molecule has 1 aromatic carbocycles. The van der Waals surface area contributed by atoms with Crippen molar-refractivity contribution in [3.05, 3.63) is 28.2 Å². The van der Waals surface area contributed by atoms with Gasteiger partial charge in [-0.2, -0.15) is 0 Å². The fourth-order valence-corrected chi connectivity index (χ4v) is 2.84. The molecule has 0 bridgehead atoms. The standard InChI is InChI=1S/C13H10ClNO4S/c1-2-17-13(16)9-5-20-12(15-9)7-3-8(14)11-10(4-7)18-6-19-11/h3-5H,2,6H2,1H3. The Morgan fingerprint density at radius 2 is 2.35 bits per heavy atom. The molecule has 0 unspecified atom stereocenters. The van der Waals surface area contributed by atoms with Crippen molar-refractivity contribution in [2.45, 2.75) is 6.92 Å². The first-order chi connectivity index (χ1) is 9.69. The summed E-state index contributed by atoms with van der Waals surface area (Å²) in [5, 5.41) is 2.79. The average Bonchev–Trinajstić information content (AvgIpc) is 3.08. The smallest absolute Gasteiger partial charge is 0.357 e. The van der Waals surface area contributed by atoms with Crippen molar-refractivity contribution in [3.8, 4) is 22.1 Å². The van der Waals surface area contributed by atoms with Gasteiger partial charge in [-0.05, 0) is 19.1 Å². The second kappa shape index (κ2) is 5.30. The average molecular weight is 312 g/mol. The van der Waals surface area contributed by atoms with Crippen molar-refractivity contribution in [2.75, 3.05) is 13.4 Å².